The second-order valence-electron chi connectivity index (χ2n) is 6.32. The van der Waals surface area contributed by atoms with Crippen LogP contribution in [0, 0.1) is 0 Å². The average Bonchev–Trinajstić information content (AvgIpc) is 2.95. The van der Waals surface area contributed by atoms with Gasteiger partial charge in [0.25, 0.3) is 5.91 Å². The summed E-state index contributed by atoms with van der Waals surface area (Å²) in [6, 6.07) is 11.5. The smallest absolute Gasteiger partial charge is 0.349 e. The van der Waals surface area contributed by atoms with Crippen LogP contribution in [0.2, 0.25) is 0 Å². The molecular weight excluding hydrogens is 310 g/mol. The monoisotopic (exact) mass is 331 g/mol. The fourth-order valence-corrected chi connectivity index (χ4v) is 2.85. The number of rotatable bonds is 4. The lowest BCUT2D eigenvalue weighted by atomic mass is 10.1. The van der Waals surface area contributed by atoms with Crippen molar-refractivity contribution in [2.24, 2.45) is 0 Å². The fraction of sp³-hybridized carbons (Fsp3) is 0.333. The second-order valence-corrected chi connectivity index (χ2v) is 7.23. The van der Waals surface area contributed by atoms with E-state index in [9.17, 15) is 9.59 Å². The van der Waals surface area contributed by atoms with Crippen molar-refractivity contribution in [2.75, 3.05) is 0 Å². The molecule has 4 nitrogen and oxygen atoms in total. The summed E-state index contributed by atoms with van der Waals surface area (Å²) in [4.78, 5) is 24.9. The molecular formula is C18H21NO3S. The molecule has 5 heteroatoms. The van der Waals surface area contributed by atoms with Crippen molar-refractivity contribution in [3.63, 3.8) is 0 Å². The van der Waals surface area contributed by atoms with E-state index in [4.69, 9.17) is 4.74 Å². The van der Waals surface area contributed by atoms with E-state index < -0.39 is 12.1 Å². The third kappa shape index (κ3) is 4.66. The van der Waals surface area contributed by atoms with Crippen LogP contribution in [0.3, 0.4) is 0 Å². The van der Waals surface area contributed by atoms with Gasteiger partial charge in [-0.25, -0.2) is 4.79 Å². The second kappa shape index (κ2) is 6.96. The SMILES string of the molecule is CC(OC(=O)c1sccc1-c1ccccc1)C(=O)NC(C)(C)C. The van der Waals surface area contributed by atoms with Crippen molar-refractivity contribution < 1.29 is 14.3 Å². The van der Waals surface area contributed by atoms with Gasteiger partial charge in [0.1, 0.15) is 4.88 Å². The molecule has 0 saturated carbocycles. The first-order valence-corrected chi connectivity index (χ1v) is 8.32. The molecule has 1 atom stereocenters. The normalized spacial score (nSPS) is 12.5. The molecule has 0 saturated heterocycles. The van der Waals surface area contributed by atoms with E-state index in [0.29, 0.717) is 4.88 Å². The first-order valence-electron chi connectivity index (χ1n) is 7.44. The molecule has 0 fully saturated rings. The molecule has 0 aliphatic rings. The van der Waals surface area contributed by atoms with Crippen LogP contribution in [0.5, 0.6) is 0 Å². The van der Waals surface area contributed by atoms with E-state index in [1.807, 2.05) is 62.5 Å². The van der Waals surface area contributed by atoms with Crippen LogP contribution in [0.1, 0.15) is 37.4 Å². The number of esters is 1. The number of ether oxygens (including phenoxy) is 1. The van der Waals surface area contributed by atoms with Crippen molar-refractivity contribution >= 4 is 23.2 Å². The Morgan fingerprint density at radius 1 is 1.13 bits per heavy atom. The van der Waals surface area contributed by atoms with Crippen LogP contribution in [-0.4, -0.2) is 23.5 Å². The summed E-state index contributed by atoms with van der Waals surface area (Å²) in [6.45, 7) is 7.22. The van der Waals surface area contributed by atoms with Crippen molar-refractivity contribution in [3.05, 3.63) is 46.7 Å². The van der Waals surface area contributed by atoms with Crippen LogP contribution >= 0.6 is 11.3 Å². The summed E-state index contributed by atoms with van der Waals surface area (Å²) in [5, 5.41) is 4.65. The van der Waals surface area contributed by atoms with Gasteiger partial charge in [-0.05, 0) is 44.7 Å². The Bertz CT molecular complexity index is 686. The largest absolute Gasteiger partial charge is 0.448 e. The molecule has 23 heavy (non-hydrogen) atoms. The lowest BCUT2D eigenvalue weighted by Gasteiger charge is -2.23. The van der Waals surface area contributed by atoms with Crippen molar-refractivity contribution in [2.45, 2.75) is 39.3 Å². The highest BCUT2D eigenvalue weighted by atomic mass is 32.1. The first-order chi connectivity index (χ1) is 10.8. The third-order valence-corrected chi connectivity index (χ3v) is 3.98. The number of carbonyl (C=O) groups excluding carboxylic acids is 2. The Hall–Kier alpha value is -2.14. The van der Waals surface area contributed by atoms with Crippen LogP contribution < -0.4 is 5.32 Å². The Morgan fingerprint density at radius 3 is 2.39 bits per heavy atom. The molecule has 1 aromatic carbocycles. The maximum atomic E-state index is 12.4. The Kier molecular flexibility index (Phi) is 5.21. The molecule has 0 spiro atoms. The Morgan fingerprint density at radius 2 is 1.78 bits per heavy atom. The lowest BCUT2D eigenvalue weighted by Crippen LogP contribution is -2.46. The van der Waals surface area contributed by atoms with Crippen molar-refractivity contribution in [1.29, 1.82) is 0 Å². The molecule has 0 bridgehead atoms. The molecule has 1 aromatic heterocycles. The molecule has 2 aromatic rings. The summed E-state index contributed by atoms with van der Waals surface area (Å²) in [5.74, 6) is -0.779. The highest BCUT2D eigenvalue weighted by Crippen LogP contribution is 2.29. The third-order valence-electron chi connectivity index (χ3n) is 3.09. The number of hydrogen-bond acceptors (Lipinski definition) is 4. The van der Waals surface area contributed by atoms with Gasteiger partial charge in [0, 0.05) is 11.1 Å². The van der Waals surface area contributed by atoms with Crippen molar-refractivity contribution in [3.8, 4) is 11.1 Å². The highest BCUT2D eigenvalue weighted by molar-refractivity contribution is 7.12. The standard InChI is InChI=1S/C18H21NO3S/c1-12(16(20)19-18(2,3)4)22-17(21)15-14(10-11-23-15)13-8-6-5-7-9-13/h5-12H,1-4H3,(H,19,20). The van der Waals surface area contributed by atoms with E-state index in [-0.39, 0.29) is 11.4 Å². The minimum Gasteiger partial charge on any atom is -0.448 e. The van der Waals surface area contributed by atoms with Gasteiger partial charge in [0.2, 0.25) is 0 Å². The maximum Gasteiger partial charge on any atom is 0.349 e. The number of carbonyl (C=O) groups is 2. The zero-order valence-corrected chi connectivity index (χ0v) is 14.6. The van der Waals surface area contributed by atoms with E-state index in [0.717, 1.165) is 11.1 Å². The van der Waals surface area contributed by atoms with E-state index in [1.54, 1.807) is 6.92 Å². The lowest BCUT2D eigenvalue weighted by molar-refractivity contribution is -0.130. The summed E-state index contributed by atoms with van der Waals surface area (Å²) < 4.78 is 5.32. The van der Waals surface area contributed by atoms with Gasteiger partial charge in [-0.3, -0.25) is 4.79 Å². The zero-order chi connectivity index (χ0) is 17.0. The number of benzene rings is 1. The predicted molar refractivity (Wildman–Crippen MR) is 92.5 cm³/mol. The molecule has 1 amide bonds. The topological polar surface area (TPSA) is 55.4 Å². The first kappa shape index (κ1) is 17.2. The highest BCUT2D eigenvalue weighted by Gasteiger charge is 2.24. The Labute approximate surface area is 140 Å². The summed E-state index contributed by atoms with van der Waals surface area (Å²) in [5.41, 5.74) is 1.41. The predicted octanol–water partition coefficient (Wildman–Crippen LogP) is 3.88. The van der Waals surface area contributed by atoms with Crippen LogP contribution in [0.15, 0.2) is 41.8 Å². The average molecular weight is 331 g/mol. The fourth-order valence-electron chi connectivity index (χ4n) is 2.05. The van der Waals surface area contributed by atoms with Gasteiger partial charge in [-0.15, -0.1) is 11.3 Å². The summed E-state index contributed by atoms with van der Waals surface area (Å²) in [6.07, 6.45) is -0.840. The minimum absolute atomic E-state index is 0.302. The molecule has 2 rings (SSSR count). The van der Waals surface area contributed by atoms with E-state index >= 15 is 0 Å². The van der Waals surface area contributed by atoms with E-state index in [1.165, 1.54) is 11.3 Å². The molecule has 0 radical (unpaired) electrons. The molecule has 0 aliphatic carbocycles. The number of amides is 1. The van der Waals surface area contributed by atoms with Crippen LogP contribution in [0.4, 0.5) is 0 Å². The van der Waals surface area contributed by atoms with Gasteiger partial charge in [-0.1, -0.05) is 30.3 Å². The summed E-state index contributed by atoms with van der Waals surface area (Å²) >= 11 is 1.31. The van der Waals surface area contributed by atoms with Crippen LogP contribution in [-0.2, 0) is 9.53 Å². The van der Waals surface area contributed by atoms with Gasteiger partial charge in [0.15, 0.2) is 6.10 Å². The Balaban J connectivity index is 2.11. The molecule has 1 heterocycles. The van der Waals surface area contributed by atoms with E-state index in [2.05, 4.69) is 5.32 Å². The number of nitrogens with one attached hydrogen (secondary N) is 1. The summed E-state index contributed by atoms with van der Waals surface area (Å²) in [7, 11) is 0. The zero-order valence-electron chi connectivity index (χ0n) is 13.8. The maximum absolute atomic E-state index is 12.4. The molecule has 1 unspecified atom stereocenters. The molecule has 0 aliphatic heterocycles. The van der Waals surface area contributed by atoms with Gasteiger partial charge in [-0.2, -0.15) is 0 Å². The molecule has 122 valence electrons. The molecule has 1 N–H and O–H groups in total. The minimum atomic E-state index is -0.840. The van der Waals surface area contributed by atoms with Gasteiger partial charge >= 0.3 is 5.97 Å². The number of thiophene rings is 1. The van der Waals surface area contributed by atoms with Gasteiger partial charge in [0.05, 0.1) is 0 Å². The number of hydrogen-bond donors (Lipinski definition) is 1. The quantitative estimate of drug-likeness (QED) is 0.865. The van der Waals surface area contributed by atoms with Gasteiger partial charge < -0.3 is 10.1 Å². The van der Waals surface area contributed by atoms with Crippen LogP contribution in [0.25, 0.3) is 11.1 Å². The van der Waals surface area contributed by atoms with Crippen molar-refractivity contribution in [1.82, 2.24) is 5.32 Å².